The maximum atomic E-state index is 13.3. The van der Waals surface area contributed by atoms with Gasteiger partial charge in [0.15, 0.2) is 0 Å². The first kappa shape index (κ1) is 16.2. The maximum Gasteiger partial charge on any atom is 0.418 e. The number of rotatable bonds is 2. The summed E-state index contributed by atoms with van der Waals surface area (Å²) < 4.78 is 45.6. The van der Waals surface area contributed by atoms with Gasteiger partial charge in [-0.1, -0.05) is 28.1 Å². The van der Waals surface area contributed by atoms with E-state index in [1.54, 1.807) is 13.2 Å². The molecule has 0 fully saturated rings. The molecule has 2 aromatic carbocycles. The smallest absolute Gasteiger partial charge is 0.418 e. The number of fused-ring (bicyclic) bond motifs is 1. The van der Waals surface area contributed by atoms with Gasteiger partial charge in [0.2, 0.25) is 0 Å². The second-order valence-corrected chi connectivity index (χ2v) is 6.41. The molecule has 3 rings (SSSR count). The van der Waals surface area contributed by atoms with Crippen LogP contribution in [-0.2, 0) is 12.6 Å². The Morgan fingerprint density at radius 3 is 2.70 bits per heavy atom. The summed E-state index contributed by atoms with van der Waals surface area (Å²) in [5, 5.41) is 3.07. The zero-order valence-electron chi connectivity index (χ0n) is 12.4. The normalized spacial score (nSPS) is 17.3. The summed E-state index contributed by atoms with van der Waals surface area (Å²) in [6.45, 7) is 0. The van der Waals surface area contributed by atoms with Gasteiger partial charge in [-0.3, -0.25) is 0 Å². The molecule has 1 aliphatic rings. The van der Waals surface area contributed by atoms with Gasteiger partial charge in [-0.15, -0.1) is 0 Å². The molecule has 6 heteroatoms. The van der Waals surface area contributed by atoms with Crippen LogP contribution in [0.15, 0.2) is 40.9 Å². The largest absolute Gasteiger partial charge is 0.497 e. The highest BCUT2D eigenvalue weighted by Gasteiger charge is 2.36. The average Bonchev–Trinajstić information content (AvgIpc) is 2.53. The van der Waals surface area contributed by atoms with E-state index in [0.717, 1.165) is 18.1 Å². The van der Waals surface area contributed by atoms with Crippen molar-refractivity contribution in [1.82, 2.24) is 0 Å². The Bertz CT molecular complexity index is 730. The number of benzene rings is 2. The van der Waals surface area contributed by atoms with Gasteiger partial charge in [0.25, 0.3) is 0 Å². The number of ether oxygens (including phenoxy) is 1. The molecule has 2 aromatic rings. The number of aryl methyl sites for hydroxylation is 1. The van der Waals surface area contributed by atoms with E-state index in [2.05, 4.69) is 21.2 Å². The highest BCUT2D eigenvalue weighted by atomic mass is 79.9. The summed E-state index contributed by atoms with van der Waals surface area (Å²) in [6.07, 6.45) is -3.07. The van der Waals surface area contributed by atoms with Gasteiger partial charge in [-0.25, -0.2) is 0 Å². The molecule has 0 saturated carbocycles. The standard InChI is InChI=1S/C17H15BrF3NO/c1-23-13-4-2-3-10(8-13)15-6-5-11-7-12(18)9-14(16(11)22-15)17(19,20)21/h2-4,7-9,15,22H,5-6H2,1H3. The van der Waals surface area contributed by atoms with Gasteiger partial charge in [0.1, 0.15) is 5.75 Å². The Labute approximate surface area is 140 Å². The van der Waals surface area contributed by atoms with Crippen molar-refractivity contribution in [2.24, 2.45) is 0 Å². The SMILES string of the molecule is COc1cccc(C2CCc3cc(Br)cc(C(F)(F)F)c3N2)c1. The van der Waals surface area contributed by atoms with E-state index in [0.29, 0.717) is 22.2 Å². The average molecular weight is 386 g/mol. The van der Waals surface area contributed by atoms with Gasteiger partial charge in [-0.05, 0) is 48.2 Å². The van der Waals surface area contributed by atoms with E-state index >= 15 is 0 Å². The van der Waals surface area contributed by atoms with Crippen LogP contribution in [0.3, 0.4) is 0 Å². The minimum Gasteiger partial charge on any atom is -0.497 e. The molecule has 0 spiro atoms. The summed E-state index contributed by atoms with van der Waals surface area (Å²) >= 11 is 3.17. The number of hydrogen-bond donors (Lipinski definition) is 1. The van der Waals surface area contributed by atoms with Crippen molar-refractivity contribution in [3.05, 3.63) is 57.6 Å². The lowest BCUT2D eigenvalue weighted by Gasteiger charge is -2.30. The minimum absolute atomic E-state index is 0.167. The number of hydrogen-bond acceptors (Lipinski definition) is 2. The molecule has 1 N–H and O–H groups in total. The lowest BCUT2D eigenvalue weighted by molar-refractivity contribution is -0.137. The fourth-order valence-electron chi connectivity index (χ4n) is 2.91. The van der Waals surface area contributed by atoms with Crippen molar-refractivity contribution in [2.75, 3.05) is 12.4 Å². The van der Waals surface area contributed by atoms with Crippen molar-refractivity contribution < 1.29 is 17.9 Å². The second-order valence-electron chi connectivity index (χ2n) is 5.50. The van der Waals surface area contributed by atoms with Crippen LogP contribution in [0.5, 0.6) is 5.75 Å². The molecule has 2 nitrogen and oxygen atoms in total. The van der Waals surface area contributed by atoms with Crippen LogP contribution in [0, 0.1) is 0 Å². The topological polar surface area (TPSA) is 21.3 Å². The third kappa shape index (κ3) is 3.32. The molecule has 0 radical (unpaired) electrons. The van der Waals surface area contributed by atoms with E-state index in [-0.39, 0.29) is 11.7 Å². The van der Waals surface area contributed by atoms with E-state index < -0.39 is 11.7 Å². The first-order valence-corrected chi connectivity index (χ1v) is 7.98. The summed E-state index contributed by atoms with van der Waals surface area (Å²) in [7, 11) is 1.57. The first-order valence-electron chi connectivity index (χ1n) is 7.18. The van der Waals surface area contributed by atoms with Crippen molar-refractivity contribution >= 4 is 21.6 Å². The Balaban J connectivity index is 1.99. The fraction of sp³-hybridized carbons (Fsp3) is 0.294. The Morgan fingerprint density at radius 1 is 1.22 bits per heavy atom. The maximum absolute atomic E-state index is 13.3. The third-order valence-corrected chi connectivity index (χ3v) is 4.47. The highest BCUT2D eigenvalue weighted by molar-refractivity contribution is 9.10. The molecule has 0 aromatic heterocycles. The van der Waals surface area contributed by atoms with Crippen LogP contribution in [0.4, 0.5) is 18.9 Å². The van der Waals surface area contributed by atoms with Gasteiger partial charge < -0.3 is 10.1 Å². The number of nitrogens with one attached hydrogen (secondary N) is 1. The van der Waals surface area contributed by atoms with E-state index in [9.17, 15) is 13.2 Å². The Hall–Kier alpha value is -1.69. The third-order valence-electron chi connectivity index (χ3n) is 4.01. The fourth-order valence-corrected chi connectivity index (χ4v) is 3.41. The summed E-state index contributed by atoms with van der Waals surface area (Å²) in [5.74, 6) is 0.696. The molecular weight excluding hydrogens is 371 g/mol. The van der Waals surface area contributed by atoms with E-state index in [1.807, 2.05) is 24.3 Å². The van der Waals surface area contributed by atoms with Gasteiger partial charge in [0, 0.05) is 4.47 Å². The highest BCUT2D eigenvalue weighted by Crippen LogP contribution is 2.43. The van der Waals surface area contributed by atoms with Gasteiger partial charge in [0.05, 0.1) is 24.4 Å². The van der Waals surface area contributed by atoms with Crippen molar-refractivity contribution in [3.63, 3.8) is 0 Å². The molecule has 1 aliphatic heterocycles. The zero-order valence-corrected chi connectivity index (χ0v) is 14.0. The molecular formula is C17H15BrF3NO. The first-order chi connectivity index (χ1) is 10.9. The lowest BCUT2D eigenvalue weighted by atomic mass is 9.91. The van der Waals surface area contributed by atoms with Crippen molar-refractivity contribution in [1.29, 1.82) is 0 Å². The zero-order chi connectivity index (χ0) is 16.6. The summed E-state index contributed by atoms with van der Waals surface area (Å²) in [4.78, 5) is 0. The predicted octanol–water partition coefficient (Wildman–Crippen LogP) is 5.58. The molecule has 1 atom stereocenters. The number of halogens is 4. The van der Waals surface area contributed by atoms with Crippen LogP contribution in [0.2, 0.25) is 0 Å². The quantitative estimate of drug-likeness (QED) is 0.728. The van der Waals surface area contributed by atoms with Crippen LogP contribution < -0.4 is 10.1 Å². The van der Waals surface area contributed by atoms with Crippen LogP contribution in [-0.4, -0.2) is 7.11 Å². The van der Waals surface area contributed by atoms with Crippen LogP contribution in [0.25, 0.3) is 0 Å². The molecule has 0 bridgehead atoms. The molecule has 1 unspecified atom stereocenters. The number of alkyl halides is 3. The molecule has 0 saturated heterocycles. The molecule has 0 aliphatic carbocycles. The molecule has 1 heterocycles. The van der Waals surface area contributed by atoms with Crippen molar-refractivity contribution in [2.45, 2.75) is 25.1 Å². The summed E-state index contributed by atoms with van der Waals surface area (Å²) in [5.41, 5.74) is 1.16. The lowest BCUT2D eigenvalue weighted by Crippen LogP contribution is -2.22. The Morgan fingerprint density at radius 2 is 2.00 bits per heavy atom. The number of methoxy groups -OCH3 is 1. The van der Waals surface area contributed by atoms with Gasteiger partial charge in [-0.2, -0.15) is 13.2 Å². The Kier molecular flexibility index (Phi) is 4.27. The molecule has 23 heavy (non-hydrogen) atoms. The van der Waals surface area contributed by atoms with Crippen LogP contribution >= 0.6 is 15.9 Å². The molecule has 122 valence electrons. The monoisotopic (exact) mass is 385 g/mol. The van der Waals surface area contributed by atoms with Crippen LogP contribution in [0.1, 0.15) is 29.2 Å². The molecule has 0 amide bonds. The van der Waals surface area contributed by atoms with Gasteiger partial charge >= 0.3 is 6.18 Å². The minimum atomic E-state index is -4.39. The second kappa shape index (κ2) is 6.07. The van der Waals surface area contributed by atoms with E-state index in [4.69, 9.17) is 4.74 Å². The predicted molar refractivity (Wildman–Crippen MR) is 86.8 cm³/mol. The number of anilines is 1. The van der Waals surface area contributed by atoms with E-state index in [1.165, 1.54) is 0 Å². The van der Waals surface area contributed by atoms with Crippen molar-refractivity contribution in [3.8, 4) is 5.75 Å². The summed E-state index contributed by atoms with van der Waals surface area (Å²) in [6, 6.07) is 10.1.